The van der Waals surface area contributed by atoms with Crippen molar-refractivity contribution >= 4 is 11.8 Å². The van der Waals surface area contributed by atoms with Gasteiger partial charge in [0, 0.05) is 16.5 Å². The topological polar surface area (TPSA) is 12.0 Å². The second-order valence-electron chi connectivity index (χ2n) is 6.60. The van der Waals surface area contributed by atoms with E-state index in [1.54, 1.807) is 0 Å². The van der Waals surface area contributed by atoms with Crippen molar-refractivity contribution in [3.8, 4) is 0 Å². The van der Waals surface area contributed by atoms with Crippen molar-refractivity contribution in [2.24, 2.45) is 17.8 Å². The molecular formula is C16H33NS. The summed E-state index contributed by atoms with van der Waals surface area (Å²) in [7, 11) is 0. The van der Waals surface area contributed by atoms with Crippen molar-refractivity contribution in [3.05, 3.63) is 0 Å². The van der Waals surface area contributed by atoms with Crippen molar-refractivity contribution in [1.82, 2.24) is 5.32 Å². The van der Waals surface area contributed by atoms with Crippen molar-refractivity contribution in [2.45, 2.75) is 77.3 Å². The Balaban J connectivity index is 2.59. The van der Waals surface area contributed by atoms with Crippen LogP contribution in [0.1, 0.15) is 60.8 Å². The lowest BCUT2D eigenvalue weighted by atomic mass is 9.79. The monoisotopic (exact) mass is 271 g/mol. The SMILES string of the molecule is CCNC1CCC(C(C)C)CC1SC(C)C(C)C. The minimum absolute atomic E-state index is 0.746. The molecule has 1 aliphatic carbocycles. The van der Waals surface area contributed by atoms with Crippen LogP contribution in [0, 0.1) is 17.8 Å². The predicted octanol–water partition coefficient (Wildman–Crippen LogP) is 4.57. The Labute approximate surface area is 119 Å². The molecule has 18 heavy (non-hydrogen) atoms. The van der Waals surface area contributed by atoms with E-state index in [4.69, 9.17) is 0 Å². The van der Waals surface area contributed by atoms with Gasteiger partial charge in [0.05, 0.1) is 0 Å². The molecule has 4 atom stereocenters. The largest absolute Gasteiger partial charge is 0.313 e. The average Bonchev–Trinajstić information content (AvgIpc) is 2.31. The van der Waals surface area contributed by atoms with E-state index < -0.39 is 0 Å². The van der Waals surface area contributed by atoms with E-state index >= 15 is 0 Å². The molecular weight excluding hydrogens is 238 g/mol. The number of hydrogen-bond donors (Lipinski definition) is 1. The fraction of sp³-hybridized carbons (Fsp3) is 1.00. The van der Waals surface area contributed by atoms with Crippen LogP contribution in [0.2, 0.25) is 0 Å². The summed E-state index contributed by atoms with van der Waals surface area (Å²) < 4.78 is 0. The molecule has 1 rings (SSSR count). The Morgan fingerprint density at radius 3 is 2.28 bits per heavy atom. The average molecular weight is 272 g/mol. The summed E-state index contributed by atoms with van der Waals surface area (Å²) in [6.45, 7) is 15.2. The second-order valence-corrected chi connectivity index (χ2v) is 8.23. The summed E-state index contributed by atoms with van der Waals surface area (Å²) in [5.74, 6) is 2.58. The molecule has 0 aliphatic heterocycles. The summed E-state index contributed by atoms with van der Waals surface area (Å²) in [5, 5.41) is 5.32. The summed E-state index contributed by atoms with van der Waals surface area (Å²) >= 11 is 2.24. The van der Waals surface area contributed by atoms with E-state index in [0.717, 1.165) is 40.8 Å². The van der Waals surface area contributed by atoms with Crippen LogP contribution in [0.3, 0.4) is 0 Å². The van der Waals surface area contributed by atoms with Crippen LogP contribution in [0.4, 0.5) is 0 Å². The predicted molar refractivity (Wildman–Crippen MR) is 85.3 cm³/mol. The van der Waals surface area contributed by atoms with Crippen molar-refractivity contribution in [2.75, 3.05) is 6.54 Å². The van der Waals surface area contributed by atoms with Crippen LogP contribution < -0.4 is 5.32 Å². The Hall–Kier alpha value is 0.310. The zero-order chi connectivity index (χ0) is 13.7. The van der Waals surface area contributed by atoms with E-state index in [-0.39, 0.29) is 0 Å². The van der Waals surface area contributed by atoms with Crippen molar-refractivity contribution in [3.63, 3.8) is 0 Å². The van der Waals surface area contributed by atoms with E-state index in [1.165, 1.54) is 19.3 Å². The Morgan fingerprint density at radius 1 is 1.11 bits per heavy atom. The van der Waals surface area contributed by atoms with Crippen molar-refractivity contribution < 1.29 is 0 Å². The normalized spacial score (nSPS) is 31.0. The van der Waals surface area contributed by atoms with Gasteiger partial charge in [0.1, 0.15) is 0 Å². The lowest BCUT2D eigenvalue weighted by Crippen LogP contribution is -2.44. The molecule has 1 nitrogen and oxygen atoms in total. The quantitative estimate of drug-likeness (QED) is 0.759. The van der Waals surface area contributed by atoms with Crippen LogP contribution >= 0.6 is 11.8 Å². The molecule has 0 aromatic heterocycles. The highest BCUT2D eigenvalue weighted by Gasteiger charge is 2.32. The highest BCUT2D eigenvalue weighted by Crippen LogP contribution is 2.38. The highest BCUT2D eigenvalue weighted by atomic mass is 32.2. The van der Waals surface area contributed by atoms with Crippen LogP contribution in [0.5, 0.6) is 0 Å². The maximum atomic E-state index is 3.72. The van der Waals surface area contributed by atoms with Gasteiger partial charge in [-0.15, -0.1) is 0 Å². The fourth-order valence-corrected chi connectivity index (χ4v) is 4.49. The van der Waals surface area contributed by atoms with E-state index in [1.807, 2.05) is 0 Å². The van der Waals surface area contributed by atoms with Crippen molar-refractivity contribution in [1.29, 1.82) is 0 Å². The zero-order valence-electron chi connectivity index (χ0n) is 13.2. The molecule has 0 amide bonds. The van der Waals surface area contributed by atoms with Gasteiger partial charge in [-0.25, -0.2) is 0 Å². The third-order valence-corrected chi connectivity index (χ3v) is 6.41. The third kappa shape index (κ3) is 4.77. The molecule has 0 spiro atoms. The van der Waals surface area contributed by atoms with E-state index in [9.17, 15) is 0 Å². The molecule has 0 radical (unpaired) electrons. The second kappa shape index (κ2) is 7.79. The fourth-order valence-electron chi connectivity index (χ4n) is 2.84. The summed E-state index contributed by atoms with van der Waals surface area (Å²) in [6, 6.07) is 0.746. The number of hydrogen-bond acceptors (Lipinski definition) is 2. The molecule has 1 aliphatic rings. The van der Waals surface area contributed by atoms with Gasteiger partial charge in [-0.2, -0.15) is 11.8 Å². The number of thioether (sulfide) groups is 1. The lowest BCUT2D eigenvalue weighted by Gasteiger charge is -2.39. The first kappa shape index (κ1) is 16.4. The zero-order valence-corrected chi connectivity index (χ0v) is 14.0. The number of rotatable bonds is 6. The first-order valence-corrected chi connectivity index (χ1v) is 8.78. The summed E-state index contributed by atoms with van der Waals surface area (Å²) in [4.78, 5) is 0. The van der Waals surface area contributed by atoms with Crippen LogP contribution in [0.15, 0.2) is 0 Å². The van der Waals surface area contributed by atoms with Crippen LogP contribution in [-0.2, 0) is 0 Å². The van der Waals surface area contributed by atoms with Gasteiger partial charge in [0.15, 0.2) is 0 Å². The van der Waals surface area contributed by atoms with E-state index in [0.29, 0.717) is 0 Å². The standard InChI is InChI=1S/C16H33NS/c1-7-17-15-9-8-14(12(4)5)10-16(15)18-13(6)11(2)3/h11-17H,7-10H2,1-6H3. The van der Waals surface area contributed by atoms with Gasteiger partial charge in [-0.1, -0.05) is 41.5 Å². The first-order valence-electron chi connectivity index (χ1n) is 7.84. The van der Waals surface area contributed by atoms with Gasteiger partial charge < -0.3 is 5.32 Å². The summed E-state index contributed by atoms with van der Waals surface area (Å²) in [6.07, 6.45) is 4.21. The molecule has 0 bridgehead atoms. The van der Waals surface area contributed by atoms with Gasteiger partial charge >= 0.3 is 0 Å². The molecule has 1 fully saturated rings. The summed E-state index contributed by atoms with van der Waals surface area (Å²) in [5.41, 5.74) is 0. The smallest absolute Gasteiger partial charge is 0.0206 e. The molecule has 1 saturated carbocycles. The molecule has 0 aromatic carbocycles. The molecule has 1 N–H and O–H groups in total. The molecule has 0 heterocycles. The Kier molecular flexibility index (Phi) is 7.08. The Bertz CT molecular complexity index is 225. The Morgan fingerprint density at radius 2 is 1.78 bits per heavy atom. The minimum Gasteiger partial charge on any atom is -0.313 e. The van der Waals surface area contributed by atoms with E-state index in [2.05, 4.69) is 58.6 Å². The third-order valence-electron chi connectivity index (χ3n) is 4.57. The van der Waals surface area contributed by atoms with Gasteiger partial charge in [0.25, 0.3) is 0 Å². The number of nitrogens with one attached hydrogen (secondary N) is 1. The minimum atomic E-state index is 0.746. The lowest BCUT2D eigenvalue weighted by molar-refractivity contribution is 0.247. The maximum Gasteiger partial charge on any atom is 0.0206 e. The molecule has 0 aromatic rings. The molecule has 0 saturated heterocycles. The molecule has 108 valence electrons. The maximum absolute atomic E-state index is 3.72. The van der Waals surface area contributed by atoms with Crippen LogP contribution in [0.25, 0.3) is 0 Å². The van der Waals surface area contributed by atoms with Crippen LogP contribution in [-0.4, -0.2) is 23.1 Å². The van der Waals surface area contributed by atoms with Gasteiger partial charge in [-0.05, 0) is 43.6 Å². The molecule has 2 heteroatoms. The van der Waals surface area contributed by atoms with Gasteiger partial charge in [0.2, 0.25) is 0 Å². The highest BCUT2D eigenvalue weighted by molar-refractivity contribution is 8.00. The first-order chi connectivity index (χ1) is 8.45. The van der Waals surface area contributed by atoms with Gasteiger partial charge in [-0.3, -0.25) is 0 Å². The molecule has 4 unspecified atom stereocenters.